The summed E-state index contributed by atoms with van der Waals surface area (Å²) in [5.41, 5.74) is -0.0567. The molecule has 0 unspecified atom stereocenters. The lowest BCUT2D eigenvalue weighted by Crippen LogP contribution is -2.25. The van der Waals surface area contributed by atoms with E-state index in [1.165, 1.54) is 34.9 Å². The molecule has 26 heavy (non-hydrogen) atoms. The topological polar surface area (TPSA) is 110 Å². The number of esters is 1. The Morgan fingerprint density at radius 1 is 1.12 bits per heavy atom. The zero-order chi connectivity index (χ0) is 18.9. The van der Waals surface area contributed by atoms with Gasteiger partial charge in [-0.2, -0.15) is 0 Å². The summed E-state index contributed by atoms with van der Waals surface area (Å²) in [5.74, 6) is -0.591. The lowest BCUT2D eigenvalue weighted by molar-refractivity contribution is -0.384. The van der Waals surface area contributed by atoms with Crippen molar-refractivity contribution in [2.75, 3.05) is 33.0 Å². The van der Waals surface area contributed by atoms with Crippen LogP contribution >= 0.6 is 0 Å². The number of carbonyl (C=O) groups excluding carboxylic acids is 1. The molecule has 0 spiro atoms. The van der Waals surface area contributed by atoms with Crippen molar-refractivity contribution in [3.8, 4) is 0 Å². The Bertz CT molecular complexity index is 831. The molecule has 1 aromatic heterocycles. The SMILES string of the molecule is CCOCCOCCOC(=O)Cn1c(=O)ccc2cc([N+](=O)[O-])ccc21. The van der Waals surface area contributed by atoms with E-state index in [2.05, 4.69) is 0 Å². The minimum Gasteiger partial charge on any atom is -0.462 e. The molecular formula is C17H20N2O7. The third-order valence-corrected chi connectivity index (χ3v) is 3.54. The summed E-state index contributed by atoms with van der Waals surface area (Å²) in [6, 6.07) is 6.83. The number of hydrogen-bond acceptors (Lipinski definition) is 7. The van der Waals surface area contributed by atoms with Crippen LogP contribution in [0, 0.1) is 10.1 Å². The van der Waals surface area contributed by atoms with Gasteiger partial charge in [0.1, 0.15) is 13.2 Å². The van der Waals surface area contributed by atoms with E-state index in [4.69, 9.17) is 14.2 Å². The number of pyridine rings is 1. The Morgan fingerprint density at radius 2 is 1.85 bits per heavy atom. The van der Waals surface area contributed by atoms with Crippen molar-refractivity contribution >= 4 is 22.6 Å². The third kappa shape index (κ3) is 5.36. The molecule has 0 saturated carbocycles. The molecule has 1 aromatic carbocycles. The van der Waals surface area contributed by atoms with Crippen LogP contribution in [0.5, 0.6) is 0 Å². The number of nitro groups is 1. The zero-order valence-corrected chi connectivity index (χ0v) is 14.4. The Balaban J connectivity index is 1.97. The number of ether oxygens (including phenoxy) is 3. The second kappa shape index (κ2) is 9.64. The molecule has 2 aromatic rings. The quantitative estimate of drug-likeness (QED) is 0.272. The van der Waals surface area contributed by atoms with Gasteiger partial charge in [0.15, 0.2) is 0 Å². The van der Waals surface area contributed by atoms with Gasteiger partial charge in [0.25, 0.3) is 11.2 Å². The fourth-order valence-electron chi connectivity index (χ4n) is 2.32. The lowest BCUT2D eigenvalue weighted by Gasteiger charge is -2.10. The van der Waals surface area contributed by atoms with Crippen molar-refractivity contribution in [1.29, 1.82) is 0 Å². The molecule has 0 fully saturated rings. The molecule has 9 heteroatoms. The number of rotatable bonds is 10. The van der Waals surface area contributed by atoms with Crippen LogP contribution in [0.25, 0.3) is 10.9 Å². The molecule has 0 aliphatic heterocycles. The van der Waals surface area contributed by atoms with Gasteiger partial charge in [-0.1, -0.05) is 0 Å². The molecule has 0 amide bonds. The average molecular weight is 364 g/mol. The van der Waals surface area contributed by atoms with Crippen molar-refractivity contribution < 1.29 is 23.9 Å². The molecular weight excluding hydrogens is 344 g/mol. The number of aromatic nitrogens is 1. The largest absolute Gasteiger partial charge is 0.462 e. The van der Waals surface area contributed by atoms with E-state index in [0.29, 0.717) is 30.7 Å². The van der Waals surface area contributed by atoms with E-state index in [1.54, 1.807) is 0 Å². The van der Waals surface area contributed by atoms with Crippen LogP contribution in [0.4, 0.5) is 5.69 Å². The highest BCUT2D eigenvalue weighted by Crippen LogP contribution is 2.19. The molecule has 0 aliphatic rings. The molecule has 0 radical (unpaired) electrons. The maximum Gasteiger partial charge on any atom is 0.326 e. The number of nitro benzene ring substituents is 1. The summed E-state index contributed by atoms with van der Waals surface area (Å²) in [5, 5.41) is 11.3. The molecule has 0 atom stereocenters. The van der Waals surface area contributed by atoms with Crippen LogP contribution in [0.2, 0.25) is 0 Å². The van der Waals surface area contributed by atoms with Crippen molar-refractivity contribution in [2.24, 2.45) is 0 Å². The summed E-state index contributed by atoms with van der Waals surface area (Å²) in [7, 11) is 0. The Kier molecular flexibility index (Phi) is 7.24. The Labute approximate surface area is 149 Å². The van der Waals surface area contributed by atoms with Gasteiger partial charge in [0.05, 0.1) is 30.3 Å². The molecule has 0 saturated heterocycles. The van der Waals surface area contributed by atoms with Gasteiger partial charge >= 0.3 is 5.97 Å². The first kappa shape index (κ1) is 19.5. The van der Waals surface area contributed by atoms with E-state index >= 15 is 0 Å². The minimum atomic E-state index is -0.591. The van der Waals surface area contributed by atoms with Crippen LogP contribution in [-0.2, 0) is 25.5 Å². The predicted molar refractivity (Wildman–Crippen MR) is 93.1 cm³/mol. The monoisotopic (exact) mass is 364 g/mol. The van der Waals surface area contributed by atoms with E-state index in [0.717, 1.165) is 0 Å². The van der Waals surface area contributed by atoms with Crippen molar-refractivity contribution in [1.82, 2.24) is 4.57 Å². The molecule has 0 aliphatic carbocycles. The van der Waals surface area contributed by atoms with Gasteiger partial charge in [-0.15, -0.1) is 0 Å². The van der Waals surface area contributed by atoms with E-state index in [9.17, 15) is 19.7 Å². The number of fused-ring (bicyclic) bond motifs is 1. The number of non-ortho nitro benzene ring substituents is 1. The fourth-order valence-corrected chi connectivity index (χ4v) is 2.32. The summed E-state index contributed by atoms with van der Waals surface area (Å²) in [6.07, 6.45) is 0. The van der Waals surface area contributed by atoms with Gasteiger partial charge in [0.2, 0.25) is 0 Å². The highest BCUT2D eigenvalue weighted by molar-refractivity contribution is 5.82. The number of nitrogens with zero attached hydrogens (tertiary/aromatic N) is 2. The van der Waals surface area contributed by atoms with Crippen molar-refractivity contribution in [3.63, 3.8) is 0 Å². The number of carbonyl (C=O) groups is 1. The normalized spacial score (nSPS) is 10.8. The molecule has 2 rings (SSSR count). The second-order valence-electron chi connectivity index (χ2n) is 5.29. The van der Waals surface area contributed by atoms with Gasteiger partial charge < -0.3 is 14.2 Å². The summed E-state index contributed by atoms with van der Waals surface area (Å²) < 4.78 is 16.6. The first-order chi connectivity index (χ1) is 12.5. The summed E-state index contributed by atoms with van der Waals surface area (Å²) in [4.78, 5) is 34.3. The standard InChI is InChI=1S/C17H20N2O7/c1-2-24-7-8-25-9-10-26-17(21)12-18-15-5-4-14(19(22)23)11-13(15)3-6-16(18)20/h3-6,11H,2,7-10,12H2,1H3. The van der Waals surface area contributed by atoms with Crippen LogP contribution in [0.1, 0.15) is 6.92 Å². The third-order valence-electron chi connectivity index (χ3n) is 3.54. The highest BCUT2D eigenvalue weighted by atomic mass is 16.6. The van der Waals surface area contributed by atoms with Gasteiger partial charge in [-0.3, -0.25) is 24.3 Å². The van der Waals surface area contributed by atoms with E-state index < -0.39 is 16.5 Å². The van der Waals surface area contributed by atoms with Gasteiger partial charge in [-0.05, 0) is 19.1 Å². The Morgan fingerprint density at radius 3 is 2.58 bits per heavy atom. The maximum absolute atomic E-state index is 12.0. The first-order valence-electron chi connectivity index (χ1n) is 8.12. The molecule has 1 heterocycles. The summed E-state index contributed by atoms with van der Waals surface area (Å²) >= 11 is 0. The maximum atomic E-state index is 12.0. The van der Waals surface area contributed by atoms with Gasteiger partial charge in [-0.25, -0.2) is 0 Å². The lowest BCUT2D eigenvalue weighted by atomic mass is 10.2. The number of benzene rings is 1. The smallest absolute Gasteiger partial charge is 0.326 e. The molecule has 9 nitrogen and oxygen atoms in total. The summed E-state index contributed by atoms with van der Waals surface area (Å²) in [6.45, 7) is 3.39. The molecule has 0 bridgehead atoms. The van der Waals surface area contributed by atoms with Crippen LogP contribution in [-0.4, -0.2) is 48.5 Å². The van der Waals surface area contributed by atoms with Crippen molar-refractivity contribution in [2.45, 2.75) is 13.5 Å². The van der Waals surface area contributed by atoms with Crippen LogP contribution in [0.3, 0.4) is 0 Å². The highest BCUT2D eigenvalue weighted by Gasteiger charge is 2.12. The average Bonchev–Trinajstić information content (AvgIpc) is 2.63. The molecule has 140 valence electrons. The van der Waals surface area contributed by atoms with E-state index in [-0.39, 0.29) is 25.4 Å². The zero-order valence-electron chi connectivity index (χ0n) is 14.4. The Hall–Kier alpha value is -2.78. The fraction of sp³-hybridized carbons (Fsp3) is 0.412. The minimum absolute atomic E-state index is 0.0654. The predicted octanol–water partition coefficient (Wildman–Crippen LogP) is 1.51. The second-order valence-corrected chi connectivity index (χ2v) is 5.29. The van der Waals surface area contributed by atoms with E-state index in [1.807, 2.05) is 6.92 Å². The van der Waals surface area contributed by atoms with Crippen LogP contribution in [0.15, 0.2) is 35.1 Å². The van der Waals surface area contributed by atoms with Gasteiger partial charge in [0, 0.05) is 30.2 Å². The van der Waals surface area contributed by atoms with Crippen molar-refractivity contribution in [3.05, 3.63) is 50.8 Å². The number of hydrogen-bond donors (Lipinski definition) is 0. The molecule has 0 N–H and O–H groups in total. The van der Waals surface area contributed by atoms with Crippen LogP contribution < -0.4 is 5.56 Å². The first-order valence-corrected chi connectivity index (χ1v) is 8.12.